The van der Waals surface area contributed by atoms with Gasteiger partial charge in [-0.2, -0.15) is 4.73 Å². The molecule has 1 aromatic carbocycles. The van der Waals surface area contributed by atoms with Gasteiger partial charge in [0.1, 0.15) is 0 Å². The lowest BCUT2D eigenvalue weighted by molar-refractivity contribution is -0.645. The highest BCUT2D eigenvalue weighted by Crippen LogP contribution is 2.20. The molecule has 0 bridgehead atoms. The highest BCUT2D eigenvalue weighted by molar-refractivity contribution is 8.00. The summed E-state index contributed by atoms with van der Waals surface area (Å²) in [5.74, 6) is 0.195. The number of rotatable bonds is 6. The van der Waals surface area contributed by atoms with Crippen LogP contribution in [0.5, 0.6) is 0 Å². The molecule has 0 saturated carbocycles. The number of amides is 1. The van der Waals surface area contributed by atoms with Gasteiger partial charge in [0.2, 0.25) is 5.91 Å². The number of aromatic nitrogens is 1. The van der Waals surface area contributed by atoms with Crippen LogP contribution in [-0.2, 0) is 4.79 Å². The lowest BCUT2D eigenvalue weighted by atomic mass is 10.0. The van der Waals surface area contributed by atoms with Crippen molar-refractivity contribution in [2.45, 2.75) is 30.0 Å². The Kier molecular flexibility index (Phi) is 5.83. The Bertz CT molecular complexity index is 619. The van der Waals surface area contributed by atoms with Gasteiger partial charge in [0, 0.05) is 18.7 Å². The van der Waals surface area contributed by atoms with Gasteiger partial charge in [0.25, 0.3) is 5.03 Å². The number of hydrogen-bond donors (Lipinski definition) is 1. The normalized spacial score (nSPS) is 13.4. The summed E-state index contributed by atoms with van der Waals surface area (Å²) in [6.07, 6.45) is 1.43. The van der Waals surface area contributed by atoms with Crippen molar-refractivity contribution in [2.75, 3.05) is 6.54 Å². The van der Waals surface area contributed by atoms with E-state index in [1.807, 2.05) is 18.2 Å². The Morgan fingerprint density at radius 2 is 1.86 bits per heavy atom. The van der Waals surface area contributed by atoms with E-state index in [1.54, 1.807) is 25.1 Å². The van der Waals surface area contributed by atoms with E-state index in [-0.39, 0.29) is 17.1 Å². The highest BCUT2D eigenvalue weighted by atomic mass is 32.2. The molecule has 2 rings (SSSR count). The molecule has 1 N–H and O–H groups in total. The maximum atomic E-state index is 12.2. The van der Waals surface area contributed by atoms with Crippen LogP contribution in [0.1, 0.15) is 25.3 Å². The molecule has 0 aliphatic carbocycles. The first-order chi connectivity index (χ1) is 10.6. The van der Waals surface area contributed by atoms with Crippen LogP contribution < -0.4 is 10.0 Å². The van der Waals surface area contributed by atoms with Crippen LogP contribution in [0.2, 0.25) is 0 Å². The van der Waals surface area contributed by atoms with Gasteiger partial charge < -0.3 is 10.5 Å². The van der Waals surface area contributed by atoms with Crippen LogP contribution in [-0.4, -0.2) is 17.7 Å². The fraction of sp³-hybridized carbons (Fsp3) is 0.294. The quantitative estimate of drug-likeness (QED) is 0.506. The van der Waals surface area contributed by atoms with Crippen LogP contribution in [0, 0.1) is 5.21 Å². The summed E-state index contributed by atoms with van der Waals surface area (Å²) in [5.41, 5.74) is 1.20. The molecule has 2 atom stereocenters. The summed E-state index contributed by atoms with van der Waals surface area (Å²) in [6, 6.07) is 15.3. The molecule has 1 amide bonds. The SMILES string of the molecule is CC(Sc1cccc[n+]1[O-])C(=O)NCC(C)c1ccccc1. The predicted octanol–water partition coefficient (Wildman–Crippen LogP) is 2.72. The van der Waals surface area contributed by atoms with Gasteiger partial charge in [0.05, 0.1) is 5.25 Å². The molecule has 0 aliphatic rings. The summed E-state index contributed by atoms with van der Waals surface area (Å²) in [6.45, 7) is 4.47. The predicted molar refractivity (Wildman–Crippen MR) is 88.6 cm³/mol. The summed E-state index contributed by atoms with van der Waals surface area (Å²) in [5, 5.41) is 14.8. The molecule has 1 aromatic heterocycles. The van der Waals surface area contributed by atoms with E-state index in [1.165, 1.54) is 23.5 Å². The van der Waals surface area contributed by atoms with Crippen molar-refractivity contribution in [3.8, 4) is 0 Å². The van der Waals surface area contributed by atoms with E-state index in [2.05, 4.69) is 24.4 Å². The van der Waals surface area contributed by atoms with E-state index in [9.17, 15) is 10.0 Å². The monoisotopic (exact) mass is 316 g/mol. The van der Waals surface area contributed by atoms with Gasteiger partial charge in [-0.1, -0.05) is 37.3 Å². The van der Waals surface area contributed by atoms with Crippen molar-refractivity contribution >= 4 is 17.7 Å². The van der Waals surface area contributed by atoms with E-state index in [0.717, 1.165) is 4.73 Å². The summed E-state index contributed by atoms with van der Waals surface area (Å²) in [7, 11) is 0. The maximum Gasteiger partial charge on any atom is 0.252 e. The minimum Gasteiger partial charge on any atom is -0.618 e. The van der Waals surface area contributed by atoms with Gasteiger partial charge in [-0.05, 0) is 36.2 Å². The lowest BCUT2D eigenvalue weighted by Gasteiger charge is -2.15. The largest absolute Gasteiger partial charge is 0.618 e. The Hall–Kier alpha value is -2.01. The van der Waals surface area contributed by atoms with Crippen molar-refractivity contribution < 1.29 is 9.52 Å². The first kappa shape index (κ1) is 16.4. The third-order valence-corrected chi connectivity index (χ3v) is 4.53. The molecule has 2 aromatic rings. The molecular formula is C17H20N2O2S. The summed E-state index contributed by atoms with van der Waals surface area (Å²) < 4.78 is 0.779. The molecular weight excluding hydrogens is 296 g/mol. The minimum atomic E-state index is -0.314. The van der Waals surface area contributed by atoms with Crippen molar-refractivity contribution in [3.63, 3.8) is 0 Å². The minimum absolute atomic E-state index is 0.0587. The van der Waals surface area contributed by atoms with Gasteiger partial charge in [-0.15, -0.1) is 0 Å². The fourth-order valence-corrected chi connectivity index (χ4v) is 2.91. The topological polar surface area (TPSA) is 56.0 Å². The lowest BCUT2D eigenvalue weighted by Crippen LogP contribution is -2.35. The summed E-state index contributed by atoms with van der Waals surface area (Å²) in [4.78, 5) is 12.2. The maximum absolute atomic E-state index is 12.2. The van der Waals surface area contributed by atoms with E-state index in [0.29, 0.717) is 11.6 Å². The number of nitrogens with zero attached hydrogens (tertiary/aromatic N) is 1. The Morgan fingerprint density at radius 1 is 1.18 bits per heavy atom. The molecule has 0 fully saturated rings. The molecule has 116 valence electrons. The van der Waals surface area contributed by atoms with Crippen LogP contribution in [0.25, 0.3) is 0 Å². The Labute approximate surface area is 135 Å². The Balaban J connectivity index is 1.85. The molecule has 4 nitrogen and oxygen atoms in total. The number of nitrogens with one attached hydrogen (secondary N) is 1. The van der Waals surface area contributed by atoms with Gasteiger partial charge in [-0.3, -0.25) is 4.79 Å². The molecule has 5 heteroatoms. The Morgan fingerprint density at radius 3 is 2.55 bits per heavy atom. The van der Waals surface area contributed by atoms with Crippen molar-refractivity contribution in [3.05, 3.63) is 65.5 Å². The van der Waals surface area contributed by atoms with Crippen LogP contribution in [0.4, 0.5) is 0 Å². The number of thioether (sulfide) groups is 1. The van der Waals surface area contributed by atoms with E-state index >= 15 is 0 Å². The molecule has 0 spiro atoms. The second kappa shape index (κ2) is 7.84. The number of benzene rings is 1. The average Bonchev–Trinajstić information content (AvgIpc) is 2.55. The van der Waals surface area contributed by atoms with Crippen molar-refractivity contribution in [1.82, 2.24) is 5.32 Å². The number of carbonyl (C=O) groups is 1. The van der Waals surface area contributed by atoms with Gasteiger partial charge in [0.15, 0.2) is 6.20 Å². The number of carbonyl (C=O) groups excluding carboxylic acids is 1. The molecule has 0 saturated heterocycles. The van der Waals surface area contributed by atoms with Crippen LogP contribution in [0.15, 0.2) is 59.8 Å². The first-order valence-electron chi connectivity index (χ1n) is 7.25. The third-order valence-electron chi connectivity index (χ3n) is 3.41. The van der Waals surface area contributed by atoms with Crippen LogP contribution in [0.3, 0.4) is 0 Å². The molecule has 0 aliphatic heterocycles. The first-order valence-corrected chi connectivity index (χ1v) is 8.13. The van der Waals surface area contributed by atoms with E-state index < -0.39 is 0 Å². The zero-order valence-electron chi connectivity index (χ0n) is 12.7. The standard InChI is InChI=1S/C17H20N2O2S/c1-13(15-8-4-3-5-9-15)12-18-17(20)14(2)22-16-10-6-7-11-19(16)21/h3-11,13-14H,12H2,1-2H3,(H,18,20). The van der Waals surface area contributed by atoms with Crippen molar-refractivity contribution in [2.24, 2.45) is 0 Å². The number of hydrogen-bond acceptors (Lipinski definition) is 3. The molecule has 22 heavy (non-hydrogen) atoms. The number of pyridine rings is 1. The van der Waals surface area contributed by atoms with Crippen molar-refractivity contribution in [1.29, 1.82) is 0 Å². The molecule has 2 unspecified atom stereocenters. The van der Waals surface area contributed by atoms with E-state index in [4.69, 9.17) is 0 Å². The summed E-state index contributed by atoms with van der Waals surface area (Å²) >= 11 is 1.26. The van der Waals surface area contributed by atoms with Crippen LogP contribution >= 0.6 is 11.8 Å². The van der Waals surface area contributed by atoms with Gasteiger partial charge in [-0.25, -0.2) is 0 Å². The fourth-order valence-electron chi connectivity index (χ4n) is 2.04. The zero-order valence-corrected chi connectivity index (χ0v) is 13.5. The third kappa shape index (κ3) is 4.49. The van der Waals surface area contributed by atoms with Gasteiger partial charge >= 0.3 is 0 Å². The molecule has 0 radical (unpaired) electrons. The molecule has 1 heterocycles. The smallest absolute Gasteiger partial charge is 0.252 e. The average molecular weight is 316 g/mol. The second-order valence-corrected chi connectivity index (χ2v) is 6.54. The second-order valence-electron chi connectivity index (χ2n) is 5.18. The zero-order chi connectivity index (χ0) is 15.9. The highest BCUT2D eigenvalue weighted by Gasteiger charge is 2.19.